The summed E-state index contributed by atoms with van der Waals surface area (Å²) in [4.78, 5) is 15.3. The Kier molecular flexibility index (Phi) is 3.06. The molecule has 1 atom stereocenters. The zero-order valence-corrected chi connectivity index (χ0v) is 9.74. The van der Waals surface area contributed by atoms with Gasteiger partial charge in [-0.3, -0.25) is 4.57 Å². The molecule has 0 amide bonds. The molecule has 0 aliphatic carbocycles. The van der Waals surface area contributed by atoms with Gasteiger partial charge in [0.1, 0.15) is 12.0 Å². The number of aromatic nitrogens is 2. The van der Waals surface area contributed by atoms with Crippen LogP contribution in [0.3, 0.4) is 0 Å². The molecule has 2 rings (SSSR count). The van der Waals surface area contributed by atoms with Crippen LogP contribution in [0.25, 0.3) is 0 Å². The lowest BCUT2D eigenvalue weighted by atomic mass is 10.2. The maximum absolute atomic E-state index is 11.6. The van der Waals surface area contributed by atoms with E-state index >= 15 is 0 Å². The van der Waals surface area contributed by atoms with Gasteiger partial charge >= 0.3 is 5.69 Å². The van der Waals surface area contributed by atoms with Crippen molar-refractivity contribution in [1.82, 2.24) is 9.55 Å². The number of nitrogens with zero attached hydrogens (tertiary/aromatic N) is 2. The Morgan fingerprint density at radius 3 is 3.07 bits per heavy atom. The summed E-state index contributed by atoms with van der Waals surface area (Å²) in [6, 6.07) is 0. The molecule has 1 aromatic heterocycles. The van der Waals surface area contributed by atoms with Crippen molar-refractivity contribution < 1.29 is 4.74 Å². The average molecular weight is 274 g/mol. The molecule has 15 heavy (non-hydrogen) atoms. The minimum Gasteiger partial charge on any atom is -0.383 e. The smallest absolute Gasteiger partial charge is 0.351 e. The first-order valence-electron chi connectivity index (χ1n) is 4.84. The molecule has 6 heteroatoms. The number of rotatable bonds is 1. The second-order valence-electron chi connectivity index (χ2n) is 3.49. The molecule has 0 radical (unpaired) electrons. The third-order valence-corrected chi connectivity index (χ3v) is 3.01. The molecule has 1 aliphatic rings. The van der Waals surface area contributed by atoms with Gasteiger partial charge in [0.25, 0.3) is 0 Å². The Hall–Kier alpha value is -0.880. The summed E-state index contributed by atoms with van der Waals surface area (Å²) in [5.74, 6) is 0.215. The third kappa shape index (κ3) is 2.21. The van der Waals surface area contributed by atoms with Crippen LogP contribution in [0.5, 0.6) is 0 Å². The molecule has 2 N–H and O–H groups in total. The van der Waals surface area contributed by atoms with Crippen LogP contribution < -0.4 is 11.4 Å². The fourth-order valence-corrected chi connectivity index (χ4v) is 1.92. The van der Waals surface area contributed by atoms with Gasteiger partial charge in [-0.05, 0) is 35.2 Å². The highest BCUT2D eigenvalue weighted by Gasteiger charge is 2.18. The van der Waals surface area contributed by atoms with Gasteiger partial charge in [-0.25, -0.2) is 4.79 Å². The fourth-order valence-electron chi connectivity index (χ4n) is 1.61. The van der Waals surface area contributed by atoms with Crippen LogP contribution in [-0.4, -0.2) is 16.2 Å². The Morgan fingerprint density at radius 1 is 1.60 bits per heavy atom. The van der Waals surface area contributed by atoms with Gasteiger partial charge in [0.2, 0.25) is 0 Å². The monoisotopic (exact) mass is 273 g/mol. The number of ether oxygens (including phenoxy) is 1. The predicted octanol–water partition coefficient (Wildman–Crippen LogP) is 1.29. The highest BCUT2D eigenvalue weighted by Crippen LogP contribution is 2.22. The number of halogens is 1. The van der Waals surface area contributed by atoms with Crippen molar-refractivity contribution in [2.75, 3.05) is 12.3 Å². The summed E-state index contributed by atoms with van der Waals surface area (Å²) < 4.78 is 7.61. The quantitative estimate of drug-likeness (QED) is 0.837. The molecular weight excluding hydrogens is 262 g/mol. The SMILES string of the molecule is Nc1nc(=O)n([C@@H]2CCCCO2)cc1Br. The van der Waals surface area contributed by atoms with E-state index in [4.69, 9.17) is 10.5 Å². The second-order valence-corrected chi connectivity index (χ2v) is 4.34. The molecule has 1 saturated heterocycles. The number of hydrogen-bond acceptors (Lipinski definition) is 4. The fraction of sp³-hybridized carbons (Fsp3) is 0.556. The molecule has 1 aromatic rings. The lowest BCUT2D eigenvalue weighted by Gasteiger charge is -2.24. The van der Waals surface area contributed by atoms with Gasteiger partial charge in [0.05, 0.1) is 4.47 Å². The number of anilines is 1. The molecule has 0 aromatic carbocycles. The van der Waals surface area contributed by atoms with E-state index < -0.39 is 0 Å². The molecule has 2 heterocycles. The van der Waals surface area contributed by atoms with Crippen molar-refractivity contribution in [3.05, 3.63) is 21.2 Å². The van der Waals surface area contributed by atoms with Gasteiger partial charge in [-0.2, -0.15) is 4.98 Å². The summed E-state index contributed by atoms with van der Waals surface area (Å²) in [5, 5.41) is 0. The Morgan fingerprint density at radius 2 is 2.40 bits per heavy atom. The first-order valence-corrected chi connectivity index (χ1v) is 5.63. The number of nitrogen functional groups attached to an aromatic ring is 1. The summed E-state index contributed by atoms with van der Waals surface area (Å²) in [5.41, 5.74) is 5.15. The number of hydrogen-bond donors (Lipinski definition) is 1. The van der Waals surface area contributed by atoms with E-state index in [1.54, 1.807) is 6.20 Å². The lowest BCUT2D eigenvalue weighted by molar-refractivity contribution is -0.0349. The summed E-state index contributed by atoms with van der Waals surface area (Å²) in [6.45, 7) is 0.694. The van der Waals surface area contributed by atoms with E-state index in [1.165, 1.54) is 4.57 Å². The standard InChI is InChI=1S/C9H12BrN3O2/c10-6-5-13(9(14)12-8(6)11)7-3-1-2-4-15-7/h5,7H,1-4H2,(H2,11,12,14)/t7-/m0/s1. The van der Waals surface area contributed by atoms with Crippen molar-refractivity contribution >= 4 is 21.7 Å². The van der Waals surface area contributed by atoms with Crippen molar-refractivity contribution in [3.63, 3.8) is 0 Å². The molecule has 1 aliphatic heterocycles. The molecular formula is C9H12BrN3O2. The molecule has 0 bridgehead atoms. The minimum atomic E-state index is -0.359. The average Bonchev–Trinajstić information content (AvgIpc) is 2.25. The van der Waals surface area contributed by atoms with E-state index in [-0.39, 0.29) is 17.7 Å². The first kappa shape index (κ1) is 10.6. The van der Waals surface area contributed by atoms with Gasteiger partial charge in [-0.15, -0.1) is 0 Å². The van der Waals surface area contributed by atoms with Crippen molar-refractivity contribution in [2.24, 2.45) is 0 Å². The zero-order valence-electron chi connectivity index (χ0n) is 8.15. The van der Waals surface area contributed by atoms with Gasteiger partial charge < -0.3 is 10.5 Å². The van der Waals surface area contributed by atoms with Gasteiger partial charge in [0.15, 0.2) is 0 Å². The van der Waals surface area contributed by atoms with Crippen molar-refractivity contribution in [3.8, 4) is 0 Å². The Balaban J connectivity index is 2.34. The van der Waals surface area contributed by atoms with E-state index in [2.05, 4.69) is 20.9 Å². The van der Waals surface area contributed by atoms with E-state index in [1.807, 2.05) is 0 Å². The van der Waals surface area contributed by atoms with E-state index in [0.717, 1.165) is 19.3 Å². The highest BCUT2D eigenvalue weighted by molar-refractivity contribution is 9.10. The van der Waals surface area contributed by atoms with Crippen LogP contribution in [0, 0.1) is 0 Å². The summed E-state index contributed by atoms with van der Waals surface area (Å²) >= 11 is 3.24. The van der Waals surface area contributed by atoms with Crippen LogP contribution >= 0.6 is 15.9 Å². The van der Waals surface area contributed by atoms with Crippen LogP contribution in [0.4, 0.5) is 5.82 Å². The zero-order chi connectivity index (χ0) is 10.8. The molecule has 0 unspecified atom stereocenters. The van der Waals surface area contributed by atoms with E-state index in [9.17, 15) is 4.79 Å². The van der Waals surface area contributed by atoms with Crippen LogP contribution in [0.2, 0.25) is 0 Å². The Labute approximate surface area is 95.4 Å². The largest absolute Gasteiger partial charge is 0.383 e. The highest BCUT2D eigenvalue weighted by atomic mass is 79.9. The molecule has 0 spiro atoms. The maximum Gasteiger partial charge on any atom is 0.351 e. The second kappa shape index (κ2) is 4.32. The maximum atomic E-state index is 11.6. The van der Waals surface area contributed by atoms with Crippen molar-refractivity contribution in [1.29, 1.82) is 0 Å². The minimum absolute atomic E-state index is 0.198. The first-order chi connectivity index (χ1) is 7.18. The van der Waals surface area contributed by atoms with Gasteiger partial charge in [-0.1, -0.05) is 0 Å². The third-order valence-electron chi connectivity index (χ3n) is 2.40. The normalized spacial score (nSPS) is 21.5. The summed E-state index contributed by atoms with van der Waals surface area (Å²) in [6.07, 6.45) is 4.41. The summed E-state index contributed by atoms with van der Waals surface area (Å²) in [7, 11) is 0. The Bertz CT molecular complexity index is 412. The predicted molar refractivity (Wildman–Crippen MR) is 59.4 cm³/mol. The van der Waals surface area contributed by atoms with E-state index in [0.29, 0.717) is 11.1 Å². The topological polar surface area (TPSA) is 70.1 Å². The molecule has 1 fully saturated rings. The molecule has 5 nitrogen and oxygen atoms in total. The molecule has 82 valence electrons. The lowest BCUT2D eigenvalue weighted by Crippen LogP contribution is -2.30. The number of nitrogens with two attached hydrogens (primary N) is 1. The van der Waals surface area contributed by atoms with Crippen LogP contribution in [0.1, 0.15) is 25.5 Å². The van der Waals surface area contributed by atoms with Crippen LogP contribution in [0.15, 0.2) is 15.5 Å². The van der Waals surface area contributed by atoms with Crippen molar-refractivity contribution in [2.45, 2.75) is 25.5 Å². The van der Waals surface area contributed by atoms with Crippen LogP contribution in [-0.2, 0) is 4.74 Å². The van der Waals surface area contributed by atoms with Gasteiger partial charge in [0, 0.05) is 12.8 Å². The molecule has 0 saturated carbocycles.